The second kappa shape index (κ2) is 8.04. The summed E-state index contributed by atoms with van der Waals surface area (Å²) in [4.78, 5) is 26.0. The van der Waals surface area contributed by atoms with E-state index in [9.17, 15) is 9.59 Å². The van der Waals surface area contributed by atoms with Crippen LogP contribution in [0.4, 0.5) is 0 Å². The molecule has 1 aromatic heterocycles. The van der Waals surface area contributed by atoms with Crippen molar-refractivity contribution < 1.29 is 4.79 Å². The maximum Gasteiger partial charge on any atom is 0.258 e. The lowest BCUT2D eigenvalue weighted by Gasteiger charge is -2.20. The molecule has 0 bridgehead atoms. The van der Waals surface area contributed by atoms with Crippen molar-refractivity contribution in [1.82, 2.24) is 9.88 Å². The maximum absolute atomic E-state index is 13.2. The predicted molar refractivity (Wildman–Crippen MR) is 110 cm³/mol. The van der Waals surface area contributed by atoms with E-state index in [1.165, 1.54) is 0 Å². The van der Waals surface area contributed by atoms with E-state index in [0.29, 0.717) is 28.6 Å². The third-order valence-corrected chi connectivity index (χ3v) is 4.89. The molecule has 1 heterocycles. The molecule has 1 amide bonds. The Morgan fingerprint density at radius 2 is 1.74 bits per heavy atom. The number of carbonyl (C=O) groups excluding carboxylic acids is 1. The quantitative estimate of drug-likeness (QED) is 0.663. The van der Waals surface area contributed by atoms with Gasteiger partial charge in [0.05, 0.1) is 11.6 Å². The van der Waals surface area contributed by atoms with Crippen molar-refractivity contribution in [1.29, 1.82) is 0 Å². The summed E-state index contributed by atoms with van der Waals surface area (Å²) in [5, 5.41) is 4.37. The minimum atomic E-state index is -0.169. The number of hydrogen-bond acceptors (Lipinski definition) is 2. The minimum absolute atomic E-state index is 0.0864. The Hall–Kier alpha value is -3.14. The summed E-state index contributed by atoms with van der Waals surface area (Å²) in [5.74, 6) is -0.169. The molecule has 0 aliphatic rings. The van der Waals surface area contributed by atoms with Crippen molar-refractivity contribution in [2.75, 3.05) is 0 Å². The monoisotopic (exact) mass is 360 g/mol. The topological polar surface area (TPSA) is 51.1 Å². The lowest BCUT2D eigenvalue weighted by atomic mass is 10.0. The summed E-state index contributed by atoms with van der Waals surface area (Å²) in [6, 6.07) is 17.1. The number of benzene rings is 2. The van der Waals surface area contributed by atoms with Crippen molar-refractivity contribution in [3.8, 4) is 0 Å². The standard InChI is InChI=1S/C23H24N2O2/c1-4-15-25-16(3)21(18-13-9-10-14-19(18)23(25)27)22(26)24-20(5-2)17-11-7-6-8-12-17/h4,6-14,20H,1,5,15H2,2-3H3,(H,24,26)/t20-/m0/s1. The fraction of sp³-hybridized carbons (Fsp3) is 0.217. The fourth-order valence-corrected chi connectivity index (χ4v) is 3.49. The summed E-state index contributed by atoms with van der Waals surface area (Å²) in [6.45, 7) is 7.96. The van der Waals surface area contributed by atoms with Crippen LogP contribution in [0, 0.1) is 6.92 Å². The molecule has 2 aromatic carbocycles. The van der Waals surface area contributed by atoms with E-state index in [0.717, 1.165) is 12.0 Å². The molecule has 138 valence electrons. The van der Waals surface area contributed by atoms with Gasteiger partial charge in [0, 0.05) is 23.0 Å². The smallest absolute Gasteiger partial charge is 0.258 e. The van der Waals surface area contributed by atoms with Crippen molar-refractivity contribution >= 4 is 16.7 Å². The van der Waals surface area contributed by atoms with Gasteiger partial charge in [-0.05, 0) is 25.0 Å². The summed E-state index contributed by atoms with van der Waals surface area (Å²) >= 11 is 0. The Kier molecular flexibility index (Phi) is 5.55. The predicted octanol–water partition coefficient (Wildman–Crippen LogP) is 4.38. The number of fused-ring (bicyclic) bond motifs is 1. The first-order valence-corrected chi connectivity index (χ1v) is 9.17. The van der Waals surface area contributed by atoms with Gasteiger partial charge in [0.1, 0.15) is 0 Å². The van der Waals surface area contributed by atoms with Gasteiger partial charge in [-0.2, -0.15) is 0 Å². The number of hydrogen-bond donors (Lipinski definition) is 1. The van der Waals surface area contributed by atoms with Crippen LogP contribution in [0.15, 0.2) is 72.0 Å². The third kappa shape index (κ3) is 3.56. The van der Waals surface area contributed by atoms with Gasteiger partial charge >= 0.3 is 0 Å². The van der Waals surface area contributed by atoms with Crippen molar-refractivity contribution in [3.05, 3.63) is 94.4 Å². The van der Waals surface area contributed by atoms with Crippen LogP contribution in [0.5, 0.6) is 0 Å². The number of allylic oxidation sites excluding steroid dienone is 1. The number of nitrogens with one attached hydrogen (secondary N) is 1. The second-order valence-corrected chi connectivity index (χ2v) is 6.56. The average molecular weight is 360 g/mol. The first-order valence-electron chi connectivity index (χ1n) is 9.17. The molecule has 0 radical (unpaired) electrons. The summed E-state index contributed by atoms with van der Waals surface area (Å²) in [5.41, 5.74) is 2.16. The van der Waals surface area contributed by atoms with Crippen LogP contribution < -0.4 is 10.9 Å². The van der Waals surface area contributed by atoms with Crippen molar-refractivity contribution in [2.24, 2.45) is 0 Å². The van der Waals surface area contributed by atoms with Crippen LogP contribution in [0.1, 0.15) is 41.0 Å². The highest BCUT2D eigenvalue weighted by Gasteiger charge is 2.21. The van der Waals surface area contributed by atoms with Crippen LogP contribution in [0.25, 0.3) is 10.8 Å². The van der Waals surface area contributed by atoms with Gasteiger partial charge in [-0.3, -0.25) is 9.59 Å². The molecule has 3 aromatic rings. The molecule has 0 saturated heterocycles. The van der Waals surface area contributed by atoms with E-state index in [1.54, 1.807) is 16.7 Å². The number of rotatable bonds is 6. The van der Waals surface area contributed by atoms with Crippen LogP contribution >= 0.6 is 0 Å². The minimum Gasteiger partial charge on any atom is -0.345 e. The average Bonchev–Trinajstić information content (AvgIpc) is 2.70. The second-order valence-electron chi connectivity index (χ2n) is 6.56. The molecule has 0 unspecified atom stereocenters. The van der Waals surface area contributed by atoms with E-state index in [-0.39, 0.29) is 17.5 Å². The van der Waals surface area contributed by atoms with E-state index < -0.39 is 0 Å². The van der Waals surface area contributed by atoms with E-state index in [1.807, 2.05) is 62.4 Å². The van der Waals surface area contributed by atoms with Gasteiger partial charge < -0.3 is 9.88 Å². The Bertz CT molecular complexity index is 1040. The first kappa shape index (κ1) is 18.6. The normalized spacial score (nSPS) is 11.9. The summed E-state index contributed by atoms with van der Waals surface area (Å²) in [7, 11) is 0. The SMILES string of the molecule is C=CCn1c(C)c(C(=O)N[C@@H](CC)c2ccccc2)c2ccccc2c1=O. The van der Waals surface area contributed by atoms with Gasteiger partial charge in [0.25, 0.3) is 11.5 Å². The molecule has 1 atom stereocenters. The highest BCUT2D eigenvalue weighted by molar-refractivity contribution is 6.07. The molecule has 27 heavy (non-hydrogen) atoms. The first-order chi connectivity index (χ1) is 13.1. The van der Waals surface area contributed by atoms with E-state index in [2.05, 4.69) is 11.9 Å². The molecule has 3 rings (SSSR count). The van der Waals surface area contributed by atoms with Crippen LogP contribution in [-0.2, 0) is 6.54 Å². The Morgan fingerprint density at radius 3 is 2.37 bits per heavy atom. The van der Waals surface area contributed by atoms with E-state index in [4.69, 9.17) is 0 Å². The highest BCUT2D eigenvalue weighted by Crippen LogP contribution is 2.22. The van der Waals surface area contributed by atoms with Gasteiger partial charge in [0.15, 0.2) is 0 Å². The Labute approximate surface area is 159 Å². The van der Waals surface area contributed by atoms with Gasteiger partial charge in [-0.25, -0.2) is 0 Å². The third-order valence-electron chi connectivity index (χ3n) is 4.89. The Morgan fingerprint density at radius 1 is 1.11 bits per heavy atom. The van der Waals surface area contributed by atoms with Crippen LogP contribution in [0.3, 0.4) is 0 Å². The van der Waals surface area contributed by atoms with Crippen molar-refractivity contribution in [2.45, 2.75) is 32.9 Å². The summed E-state index contributed by atoms with van der Waals surface area (Å²) < 4.78 is 1.60. The maximum atomic E-state index is 13.2. The van der Waals surface area contributed by atoms with Gasteiger partial charge in [-0.15, -0.1) is 6.58 Å². The number of carbonyl (C=O) groups is 1. The fourth-order valence-electron chi connectivity index (χ4n) is 3.49. The zero-order chi connectivity index (χ0) is 19.4. The molecule has 0 aliphatic carbocycles. The largest absolute Gasteiger partial charge is 0.345 e. The van der Waals surface area contributed by atoms with Crippen LogP contribution in [0.2, 0.25) is 0 Å². The molecule has 0 spiro atoms. The molecule has 0 saturated carbocycles. The molecule has 1 N–H and O–H groups in total. The highest BCUT2D eigenvalue weighted by atomic mass is 16.2. The van der Waals surface area contributed by atoms with Gasteiger partial charge in [0.2, 0.25) is 0 Å². The number of aromatic nitrogens is 1. The molecule has 0 aliphatic heterocycles. The Balaban J connectivity index is 2.11. The number of nitrogens with zero attached hydrogens (tertiary/aromatic N) is 1. The molecule has 0 fully saturated rings. The zero-order valence-electron chi connectivity index (χ0n) is 15.7. The molecular formula is C23H24N2O2. The molecular weight excluding hydrogens is 336 g/mol. The summed E-state index contributed by atoms with van der Waals surface area (Å²) in [6.07, 6.45) is 2.45. The molecule has 4 nitrogen and oxygen atoms in total. The lowest BCUT2D eigenvalue weighted by Crippen LogP contribution is -2.32. The molecule has 4 heteroatoms. The van der Waals surface area contributed by atoms with Crippen LogP contribution in [-0.4, -0.2) is 10.5 Å². The number of amides is 1. The number of pyridine rings is 1. The lowest BCUT2D eigenvalue weighted by molar-refractivity contribution is 0.0935. The zero-order valence-corrected chi connectivity index (χ0v) is 15.7. The van der Waals surface area contributed by atoms with Crippen molar-refractivity contribution in [3.63, 3.8) is 0 Å². The van der Waals surface area contributed by atoms with E-state index >= 15 is 0 Å². The van der Waals surface area contributed by atoms with Gasteiger partial charge in [-0.1, -0.05) is 61.5 Å².